The average molecular weight is 269 g/mol. The molecule has 0 amide bonds. The molecule has 1 N–H and O–H groups in total. The highest BCUT2D eigenvalue weighted by Gasteiger charge is 2.02. The van der Waals surface area contributed by atoms with Crippen LogP contribution in [0.2, 0.25) is 0 Å². The molecule has 3 heteroatoms. The smallest absolute Gasteiger partial charge is 0.136 e. The normalized spacial score (nSPS) is 12.6. The lowest BCUT2D eigenvalue weighted by Crippen LogP contribution is -2.26. The molecule has 0 aliphatic heterocycles. The third kappa shape index (κ3) is 6.41. The van der Waals surface area contributed by atoms with Crippen molar-refractivity contribution in [3.63, 3.8) is 0 Å². The van der Waals surface area contributed by atoms with E-state index in [-0.39, 0.29) is 5.82 Å². The van der Waals surface area contributed by atoms with Gasteiger partial charge in [-0.05, 0) is 50.6 Å². The standard InChI is InChI=1S/C15H24FNS/c1-3-11-17-13(2)8-6-7-12-18-15-10-5-4-9-14(15)16/h4-5,9-10,13,17H,3,6-8,11-12H2,1-2H3. The quantitative estimate of drug-likeness (QED) is 0.524. The van der Waals surface area contributed by atoms with E-state index < -0.39 is 0 Å². The van der Waals surface area contributed by atoms with E-state index in [1.165, 1.54) is 25.3 Å². The number of thioether (sulfide) groups is 1. The molecule has 1 unspecified atom stereocenters. The Labute approximate surface area is 115 Å². The Morgan fingerprint density at radius 1 is 1.28 bits per heavy atom. The molecule has 18 heavy (non-hydrogen) atoms. The van der Waals surface area contributed by atoms with E-state index in [9.17, 15) is 4.39 Å². The van der Waals surface area contributed by atoms with Gasteiger partial charge in [0, 0.05) is 10.9 Å². The third-order valence-electron chi connectivity index (χ3n) is 2.87. The Hall–Kier alpha value is -0.540. The number of benzene rings is 1. The zero-order chi connectivity index (χ0) is 13.2. The summed E-state index contributed by atoms with van der Waals surface area (Å²) in [5.74, 6) is 0.905. The van der Waals surface area contributed by atoms with E-state index in [2.05, 4.69) is 19.2 Å². The SMILES string of the molecule is CCCNC(C)CCCCSc1ccccc1F. The minimum absolute atomic E-state index is 0.0968. The number of halogens is 1. The summed E-state index contributed by atoms with van der Waals surface area (Å²) in [6.07, 6.45) is 4.75. The molecule has 1 atom stereocenters. The second-order valence-electron chi connectivity index (χ2n) is 4.63. The van der Waals surface area contributed by atoms with Gasteiger partial charge in [-0.15, -0.1) is 11.8 Å². The van der Waals surface area contributed by atoms with Gasteiger partial charge in [0.1, 0.15) is 5.82 Å². The molecule has 1 aromatic carbocycles. The van der Waals surface area contributed by atoms with Crippen molar-refractivity contribution in [3.05, 3.63) is 30.1 Å². The molecule has 1 nitrogen and oxygen atoms in total. The number of nitrogens with one attached hydrogen (secondary N) is 1. The minimum atomic E-state index is -0.0968. The fourth-order valence-electron chi connectivity index (χ4n) is 1.79. The number of unbranched alkanes of at least 4 members (excludes halogenated alkanes) is 1. The van der Waals surface area contributed by atoms with Crippen LogP contribution in [0.4, 0.5) is 4.39 Å². The van der Waals surface area contributed by atoms with Crippen molar-refractivity contribution >= 4 is 11.8 Å². The maximum atomic E-state index is 13.3. The van der Waals surface area contributed by atoms with Crippen molar-refractivity contribution in [2.45, 2.75) is 50.5 Å². The second kappa shape index (κ2) is 9.40. The summed E-state index contributed by atoms with van der Waals surface area (Å²) in [5.41, 5.74) is 0. The van der Waals surface area contributed by atoms with Crippen molar-refractivity contribution in [1.29, 1.82) is 0 Å². The molecular weight excluding hydrogens is 245 g/mol. The highest BCUT2D eigenvalue weighted by Crippen LogP contribution is 2.22. The summed E-state index contributed by atoms with van der Waals surface area (Å²) >= 11 is 1.62. The zero-order valence-electron chi connectivity index (χ0n) is 11.4. The van der Waals surface area contributed by atoms with Crippen LogP contribution in [0.5, 0.6) is 0 Å². The monoisotopic (exact) mass is 269 g/mol. The van der Waals surface area contributed by atoms with Gasteiger partial charge in [0.15, 0.2) is 0 Å². The summed E-state index contributed by atoms with van der Waals surface area (Å²) in [6.45, 7) is 5.52. The zero-order valence-corrected chi connectivity index (χ0v) is 12.2. The Morgan fingerprint density at radius 3 is 2.78 bits per heavy atom. The van der Waals surface area contributed by atoms with Gasteiger partial charge in [0.25, 0.3) is 0 Å². The molecule has 0 aliphatic carbocycles. The van der Waals surface area contributed by atoms with E-state index >= 15 is 0 Å². The molecule has 0 radical (unpaired) electrons. The fourth-order valence-corrected chi connectivity index (χ4v) is 2.74. The summed E-state index contributed by atoms with van der Waals surface area (Å²) in [5, 5.41) is 3.48. The molecule has 102 valence electrons. The first kappa shape index (κ1) is 15.5. The van der Waals surface area contributed by atoms with Gasteiger partial charge >= 0.3 is 0 Å². The van der Waals surface area contributed by atoms with Crippen molar-refractivity contribution in [2.75, 3.05) is 12.3 Å². The van der Waals surface area contributed by atoms with Crippen LogP contribution >= 0.6 is 11.8 Å². The van der Waals surface area contributed by atoms with Crippen LogP contribution in [-0.2, 0) is 0 Å². The number of rotatable bonds is 9. The van der Waals surface area contributed by atoms with Crippen LogP contribution in [-0.4, -0.2) is 18.3 Å². The van der Waals surface area contributed by atoms with E-state index in [1.807, 2.05) is 12.1 Å². The highest BCUT2D eigenvalue weighted by molar-refractivity contribution is 7.99. The van der Waals surface area contributed by atoms with Crippen molar-refractivity contribution in [3.8, 4) is 0 Å². The van der Waals surface area contributed by atoms with Crippen molar-refractivity contribution < 1.29 is 4.39 Å². The molecule has 0 fully saturated rings. The molecule has 1 rings (SSSR count). The average Bonchev–Trinajstić information content (AvgIpc) is 2.38. The van der Waals surface area contributed by atoms with E-state index in [4.69, 9.17) is 0 Å². The van der Waals surface area contributed by atoms with Gasteiger partial charge in [-0.2, -0.15) is 0 Å². The van der Waals surface area contributed by atoms with Gasteiger partial charge in [-0.1, -0.05) is 25.5 Å². The number of hydrogen-bond acceptors (Lipinski definition) is 2. The first-order valence-electron chi connectivity index (χ1n) is 6.84. The molecule has 0 spiro atoms. The maximum Gasteiger partial charge on any atom is 0.136 e. The van der Waals surface area contributed by atoms with Gasteiger partial charge in [0.2, 0.25) is 0 Å². The highest BCUT2D eigenvalue weighted by atomic mass is 32.2. The second-order valence-corrected chi connectivity index (χ2v) is 5.77. The van der Waals surface area contributed by atoms with Gasteiger partial charge in [-0.3, -0.25) is 0 Å². The Bertz CT molecular complexity index is 330. The van der Waals surface area contributed by atoms with Crippen LogP contribution < -0.4 is 5.32 Å². The van der Waals surface area contributed by atoms with E-state index in [0.29, 0.717) is 6.04 Å². The third-order valence-corrected chi connectivity index (χ3v) is 4.00. The maximum absolute atomic E-state index is 13.3. The molecule has 0 bridgehead atoms. The van der Waals surface area contributed by atoms with Crippen molar-refractivity contribution in [2.24, 2.45) is 0 Å². The first-order valence-corrected chi connectivity index (χ1v) is 7.83. The Balaban J connectivity index is 2.07. The summed E-state index contributed by atoms with van der Waals surface area (Å²) in [6, 6.07) is 7.61. The molecular formula is C15H24FNS. The summed E-state index contributed by atoms with van der Waals surface area (Å²) in [4.78, 5) is 0.773. The van der Waals surface area contributed by atoms with Crippen LogP contribution in [0.3, 0.4) is 0 Å². The molecule has 0 aromatic heterocycles. The van der Waals surface area contributed by atoms with Gasteiger partial charge in [0.05, 0.1) is 0 Å². The van der Waals surface area contributed by atoms with E-state index in [0.717, 1.165) is 23.6 Å². The predicted octanol–water partition coefficient (Wildman–Crippen LogP) is 4.48. The summed E-state index contributed by atoms with van der Waals surface area (Å²) < 4.78 is 13.3. The van der Waals surface area contributed by atoms with Crippen LogP contribution in [0, 0.1) is 5.82 Å². The van der Waals surface area contributed by atoms with Gasteiger partial charge in [-0.25, -0.2) is 4.39 Å². The summed E-state index contributed by atoms with van der Waals surface area (Å²) in [7, 11) is 0. The molecule has 0 saturated carbocycles. The molecule has 0 aliphatic rings. The minimum Gasteiger partial charge on any atom is -0.314 e. The predicted molar refractivity (Wildman–Crippen MR) is 78.7 cm³/mol. The van der Waals surface area contributed by atoms with Crippen molar-refractivity contribution in [1.82, 2.24) is 5.32 Å². The fraction of sp³-hybridized carbons (Fsp3) is 0.600. The van der Waals surface area contributed by atoms with Crippen LogP contribution in [0.25, 0.3) is 0 Å². The molecule has 0 saturated heterocycles. The lowest BCUT2D eigenvalue weighted by molar-refractivity contribution is 0.496. The van der Waals surface area contributed by atoms with Crippen LogP contribution in [0.1, 0.15) is 39.5 Å². The lowest BCUT2D eigenvalue weighted by atomic mass is 10.1. The largest absolute Gasteiger partial charge is 0.314 e. The molecule has 1 aromatic rings. The molecule has 0 heterocycles. The van der Waals surface area contributed by atoms with Gasteiger partial charge < -0.3 is 5.32 Å². The first-order chi connectivity index (χ1) is 8.74. The van der Waals surface area contributed by atoms with Crippen LogP contribution in [0.15, 0.2) is 29.2 Å². The number of hydrogen-bond donors (Lipinski definition) is 1. The Morgan fingerprint density at radius 2 is 2.06 bits per heavy atom. The van der Waals surface area contributed by atoms with E-state index in [1.54, 1.807) is 17.8 Å². The topological polar surface area (TPSA) is 12.0 Å². The lowest BCUT2D eigenvalue weighted by Gasteiger charge is -2.12. The Kier molecular flexibility index (Phi) is 8.10.